The van der Waals surface area contributed by atoms with E-state index in [4.69, 9.17) is 4.52 Å². The molecule has 1 unspecified atom stereocenters. The van der Waals surface area contributed by atoms with Crippen LogP contribution in [0.3, 0.4) is 0 Å². The standard InChI is InChI=1S/C14H17N3O3/c1-2-6-12-16-11(17-20-12)9-15-13(14(18)19)10-7-4-3-5-8-10/h3-5,7-8,13,15H,2,6,9H2,1H3,(H,18,19). The predicted octanol–water partition coefficient (Wildman–Crippen LogP) is 1.94. The number of hydrogen-bond donors (Lipinski definition) is 2. The second-order valence-corrected chi connectivity index (χ2v) is 4.42. The highest BCUT2D eigenvalue weighted by Gasteiger charge is 2.19. The summed E-state index contributed by atoms with van der Waals surface area (Å²) in [5, 5.41) is 16.0. The van der Waals surface area contributed by atoms with Crippen molar-refractivity contribution in [2.75, 3.05) is 0 Å². The molecule has 0 saturated carbocycles. The number of carboxylic acid groups (broad SMARTS) is 1. The maximum absolute atomic E-state index is 11.3. The molecule has 1 aromatic carbocycles. The lowest BCUT2D eigenvalue weighted by atomic mass is 10.1. The predicted molar refractivity (Wildman–Crippen MR) is 72.0 cm³/mol. The quantitative estimate of drug-likeness (QED) is 0.802. The largest absolute Gasteiger partial charge is 0.480 e. The maximum atomic E-state index is 11.3. The number of rotatable bonds is 7. The number of aliphatic carboxylic acids is 1. The Morgan fingerprint density at radius 1 is 1.40 bits per heavy atom. The number of carbonyl (C=O) groups is 1. The third-order valence-corrected chi connectivity index (χ3v) is 2.82. The summed E-state index contributed by atoms with van der Waals surface area (Å²) in [7, 11) is 0. The van der Waals surface area contributed by atoms with Crippen molar-refractivity contribution in [1.29, 1.82) is 0 Å². The number of benzene rings is 1. The molecule has 0 spiro atoms. The number of carboxylic acids is 1. The Balaban J connectivity index is 2.00. The first kappa shape index (κ1) is 14.2. The fraction of sp³-hybridized carbons (Fsp3) is 0.357. The van der Waals surface area contributed by atoms with E-state index >= 15 is 0 Å². The van der Waals surface area contributed by atoms with Gasteiger partial charge in [-0.05, 0) is 12.0 Å². The topological polar surface area (TPSA) is 88.2 Å². The monoisotopic (exact) mass is 275 g/mol. The zero-order valence-electron chi connectivity index (χ0n) is 11.2. The van der Waals surface area contributed by atoms with E-state index in [0.717, 1.165) is 12.8 Å². The van der Waals surface area contributed by atoms with Crippen LogP contribution in [0, 0.1) is 0 Å². The summed E-state index contributed by atoms with van der Waals surface area (Å²) < 4.78 is 5.05. The van der Waals surface area contributed by atoms with Gasteiger partial charge in [0.15, 0.2) is 5.82 Å². The Morgan fingerprint density at radius 3 is 2.80 bits per heavy atom. The van der Waals surface area contributed by atoms with E-state index in [1.165, 1.54) is 0 Å². The van der Waals surface area contributed by atoms with Gasteiger partial charge in [0.25, 0.3) is 0 Å². The zero-order valence-corrected chi connectivity index (χ0v) is 11.2. The molecule has 0 aliphatic heterocycles. The Hall–Kier alpha value is -2.21. The highest BCUT2D eigenvalue weighted by molar-refractivity contribution is 5.75. The van der Waals surface area contributed by atoms with E-state index < -0.39 is 12.0 Å². The summed E-state index contributed by atoms with van der Waals surface area (Å²) in [4.78, 5) is 15.5. The lowest BCUT2D eigenvalue weighted by Gasteiger charge is -2.13. The highest BCUT2D eigenvalue weighted by Crippen LogP contribution is 2.13. The molecule has 2 N–H and O–H groups in total. The average molecular weight is 275 g/mol. The number of nitrogens with zero attached hydrogens (tertiary/aromatic N) is 2. The van der Waals surface area contributed by atoms with Crippen LogP contribution in [0.5, 0.6) is 0 Å². The second-order valence-electron chi connectivity index (χ2n) is 4.42. The third kappa shape index (κ3) is 3.64. The van der Waals surface area contributed by atoms with Crippen molar-refractivity contribution in [2.45, 2.75) is 32.4 Å². The van der Waals surface area contributed by atoms with Crippen molar-refractivity contribution in [3.63, 3.8) is 0 Å². The van der Waals surface area contributed by atoms with Gasteiger partial charge in [-0.15, -0.1) is 0 Å². The molecular weight excluding hydrogens is 258 g/mol. The zero-order chi connectivity index (χ0) is 14.4. The lowest BCUT2D eigenvalue weighted by Crippen LogP contribution is -2.28. The third-order valence-electron chi connectivity index (χ3n) is 2.82. The molecular formula is C14H17N3O3. The van der Waals surface area contributed by atoms with Gasteiger partial charge in [0.2, 0.25) is 5.89 Å². The van der Waals surface area contributed by atoms with E-state index in [9.17, 15) is 9.90 Å². The molecule has 0 aliphatic carbocycles. The smallest absolute Gasteiger partial charge is 0.325 e. The van der Waals surface area contributed by atoms with Gasteiger partial charge in [0.1, 0.15) is 6.04 Å². The fourth-order valence-electron chi connectivity index (χ4n) is 1.86. The SMILES string of the molecule is CCCc1nc(CNC(C(=O)O)c2ccccc2)no1. The normalized spacial score (nSPS) is 12.2. The summed E-state index contributed by atoms with van der Waals surface area (Å²) in [6, 6.07) is 8.21. The first-order valence-corrected chi connectivity index (χ1v) is 6.53. The minimum absolute atomic E-state index is 0.249. The summed E-state index contributed by atoms with van der Waals surface area (Å²) in [5.74, 6) is 0.111. The fourth-order valence-corrected chi connectivity index (χ4v) is 1.86. The van der Waals surface area contributed by atoms with Crippen molar-refractivity contribution in [3.05, 3.63) is 47.6 Å². The van der Waals surface area contributed by atoms with Gasteiger partial charge < -0.3 is 9.63 Å². The molecule has 1 atom stereocenters. The Kier molecular flexibility index (Phi) is 4.84. The molecule has 0 amide bonds. The molecule has 0 fully saturated rings. The van der Waals surface area contributed by atoms with E-state index in [1.807, 2.05) is 13.0 Å². The van der Waals surface area contributed by atoms with Crippen LogP contribution in [-0.4, -0.2) is 21.2 Å². The number of hydrogen-bond acceptors (Lipinski definition) is 5. The van der Waals surface area contributed by atoms with Gasteiger partial charge in [-0.3, -0.25) is 10.1 Å². The summed E-state index contributed by atoms with van der Waals surface area (Å²) in [5.41, 5.74) is 0.692. The van der Waals surface area contributed by atoms with Crippen LogP contribution in [0.2, 0.25) is 0 Å². The van der Waals surface area contributed by atoms with Gasteiger partial charge >= 0.3 is 5.97 Å². The van der Waals surface area contributed by atoms with Crippen LogP contribution >= 0.6 is 0 Å². The van der Waals surface area contributed by atoms with Crippen LogP contribution in [0.1, 0.15) is 36.7 Å². The van der Waals surface area contributed by atoms with Crippen LogP contribution < -0.4 is 5.32 Å². The van der Waals surface area contributed by atoms with Crippen molar-refractivity contribution in [1.82, 2.24) is 15.5 Å². The van der Waals surface area contributed by atoms with E-state index in [-0.39, 0.29) is 6.54 Å². The lowest BCUT2D eigenvalue weighted by molar-refractivity contribution is -0.139. The van der Waals surface area contributed by atoms with E-state index in [0.29, 0.717) is 17.3 Å². The van der Waals surface area contributed by atoms with E-state index in [2.05, 4.69) is 15.5 Å². The molecule has 0 bridgehead atoms. The molecule has 1 aromatic heterocycles. The molecule has 6 heteroatoms. The molecule has 2 aromatic rings. The number of nitrogens with one attached hydrogen (secondary N) is 1. The first-order chi connectivity index (χ1) is 9.70. The minimum Gasteiger partial charge on any atom is -0.480 e. The molecule has 0 radical (unpaired) electrons. The van der Waals surface area contributed by atoms with Gasteiger partial charge in [-0.1, -0.05) is 42.4 Å². The van der Waals surface area contributed by atoms with Gasteiger partial charge in [0.05, 0.1) is 6.54 Å². The van der Waals surface area contributed by atoms with Gasteiger partial charge in [-0.25, -0.2) is 0 Å². The highest BCUT2D eigenvalue weighted by atomic mass is 16.5. The Morgan fingerprint density at radius 2 is 2.15 bits per heavy atom. The van der Waals surface area contributed by atoms with Crippen molar-refractivity contribution in [3.8, 4) is 0 Å². The molecule has 0 aliphatic rings. The molecule has 0 saturated heterocycles. The summed E-state index contributed by atoms with van der Waals surface area (Å²) in [6.07, 6.45) is 1.66. The average Bonchev–Trinajstić information content (AvgIpc) is 2.88. The van der Waals surface area contributed by atoms with Crippen LogP contribution in [-0.2, 0) is 17.8 Å². The molecule has 20 heavy (non-hydrogen) atoms. The summed E-state index contributed by atoms with van der Waals surface area (Å²) >= 11 is 0. The maximum Gasteiger partial charge on any atom is 0.325 e. The molecule has 6 nitrogen and oxygen atoms in total. The van der Waals surface area contributed by atoms with E-state index in [1.54, 1.807) is 24.3 Å². The van der Waals surface area contributed by atoms with Crippen LogP contribution in [0.4, 0.5) is 0 Å². The summed E-state index contributed by atoms with van der Waals surface area (Å²) in [6.45, 7) is 2.27. The number of aryl methyl sites for hydroxylation is 1. The van der Waals surface area contributed by atoms with Gasteiger partial charge in [0, 0.05) is 6.42 Å². The first-order valence-electron chi connectivity index (χ1n) is 6.53. The Labute approximate surface area is 116 Å². The Bertz CT molecular complexity index is 554. The van der Waals surface area contributed by atoms with Crippen LogP contribution in [0.15, 0.2) is 34.9 Å². The minimum atomic E-state index is -0.937. The van der Waals surface area contributed by atoms with Crippen molar-refractivity contribution >= 4 is 5.97 Å². The number of aromatic nitrogens is 2. The van der Waals surface area contributed by atoms with Crippen molar-refractivity contribution in [2.24, 2.45) is 0 Å². The van der Waals surface area contributed by atoms with Crippen molar-refractivity contribution < 1.29 is 14.4 Å². The van der Waals surface area contributed by atoms with Crippen LogP contribution in [0.25, 0.3) is 0 Å². The molecule has 2 rings (SSSR count). The molecule has 106 valence electrons. The van der Waals surface area contributed by atoms with Gasteiger partial charge in [-0.2, -0.15) is 4.98 Å². The second kappa shape index (κ2) is 6.81. The molecule has 1 heterocycles.